The van der Waals surface area contributed by atoms with E-state index in [1.807, 2.05) is 30.5 Å². The molecule has 0 aliphatic rings. The maximum atomic E-state index is 11.9. The molecule has 0 aromatic carbocycles. The van der Waals surface area contributed by atoms with Crippen LogP contribution in [0.25, 0.3) is 10.6 Å². The number of hydrogen-bond donors (Lipinski definition) is 0. The highest BCUT2D eigenvalue weighted by Gasteiger charge is 2.13. The maximum Gasteiger partial charge on any atom is 0.316 e. The van der Waals surface area contributed by atoms with Gasteiger partial charge < -0.3 is 4.74 Å². The van der Waals surface area contributed by atoms with Crippen molar-refractivity contribution >= 4 is 46.2 Å². The van der Waals surface area contributed by atoms with Crippen LogP contribution < -0.4 is 0 Å². The molecule has 25 heavy (non-hydrogen) atoms. The van der Waals surface area contributed by atoms with Crippen LogP contribution in [0.3, 0.4) is 0 Å². The van der Waals surface area contributed by atoms with Gasteiger partial charge in [-0.15, -0.1) is 27.8 Å². The van der Waals surface area contributed by atoms with Gasteiger partial charge in [0.15, 0.2) is 6.61 Å². The van der Waals surface area contributed by atoms with Crippen molar-refractivity contribution < 1.29 is 14.3 Å². The molecule has 0 atom stereocenters. The summed E-state index contributed by atoms with van der Waals surface area (Å²) in [5.41, 5.74) is 0.712. The molecule has 0 N–H and O–H groups in total. The Morgan fingerprint density at radius 2 is 2.16 bits per heavy atom. The Labute approximate surface area is 156 Å². The Balaban J connectivity index is 1.49. The van der Waals surface area contributed by atoms with Crippen LogP contribution in [0.5, 0.6) is 0 Å². The SMILES string of the molecule is Cc1ccc(C(=O)COC(=O)CSc2nncc(-c3cccs3)n2)s1. The van der Waals surface area contributed by atoms with Crippen LogP contribution in [0.4, 0.5) is 0 Å². The second-order valence-electron chi connectivity index (χ2n) is 4.88. The highest BCUT2D eigenvalue weighted by Crippen LogP contribution is 2.23. The summed E-state index contributed by atoms with van der Waals surface area (Å²) >= 11 is 4.07. The molecule has 0 saturated heterocycles. The number of aromatic nitrogens is 3. The molecule has 9 heteroatoms. The van der Waals surface area contributed by atoms with Crippen molar-refractivity contribution in [3.63, 3.8) is 0 Å². The van der Waals surface area contributed by atoms with E-state index in [4.69, 9.17) is 4.74 Å². The molecule has 3 rings (SSSR count). The summed E-state index contributed by atoms with van der Waals surface area (Å²) in [5.74, 6) is -0.669. The molecule has 0 aliphatic heterocycles. The zero-order valence-electron chi connectivity index (χ0n) is 13.2. The first kappa shape index (κ1) is 17.7. The number of ketones is 1. The third-order valence-electron chi connectivity index (χ3n) is 3.01. The van der Waals surface area contributed by atoms with Crippen molar-refractivity contribution in [2.75, 3.05) is 12.4 Å². The van der Waals surface area contributed by atoms with Crippen LogP contribution in [-0.2, 0) is 9.53 Å². The molecule has 0 fully saturated rings. The molecule has 3 aromatic heterocycles. The predicted octanol–water partition coefficient (Wildman–Crippen LogP) is 3.49. The number of carbonyl (C=O) groups is 2. The number of carbonyl (C=O) groups excluding carboxylic acids is 2. The van der Waals surface area contributed by atoms with E-state index in [1.54, 1.807) is 23.6 Å². The van der Waals surface area contributed by atoms with Crippen molar-refractivity contribution in [1.82, 2.24) is 15.2 Å². The second kappa shape index (κ2) is 8.32. The van der Waals surface area contributed by atoms with Crippen molar-refractivity contribution in [3.8, 4) is 10.6 Å². The van der Waals surface area contributed by atoms with Crippen LogP contribution in [-0.4, -0.2) is 39.3 Å². The maximum absolute atomic E-state index is 11.9. The summed E-state index contributed by atoms with van der Waals surface area (Å²) in [4.78, 5) is 30.7. The lowest BCUT2D eigenvalue weighted by molar-refractivity contribution is -0.139. The number of thiophene rings is 2. The second-order valence-corrected chi connectivity index (χ2v) is 8.06. The standard InChI is InChI=1S/C16H13N3O3S3/c1-10-4-5-14(25-10)12(20)8-22-15(21)9-24-16-18-11(7-17-19-16)13-3-2-6-23-13/h2-7H,8-9H2,1H3. The molecule has 0 saturated carbocycles. The molecule has 0 amide bonds. The third-order valence-corrected chi connectivity index (χ3v) is 5.76. The molecule has 3 heterocycles. The van der Waals surface area contributed by atoms with Gasteiger partial charge in [-0.25, -0.2) is 4.98 Å². The number of aryl methyl sites for hydroxylation is 1. The number of ether oxygens (including phenoxy) is 1. The van der Waals surface area contributed by atoms with Gasteiger partial charge in [0.25, 0.3) is 0 Å². The Hall–Kier alpha value is -2.10. The first-order chi connectivity index (χ1) is 12.1. The Morgan fingerprint density at radius 1 is 1.28 bits per heavy atom. The summed E-state index contributed by atoms with van der Waals surface area (Å²) in [5, 5.41) is 10.1. The number of rotatable bonds is 7. The van der Waals surface area contributed by atoms with Gasteiger partial charge >= 0.3 is 5.97 Å². The summed E-state index contributed by atoms with van der Waals surface area (Å²) < 4.78 is 5.02. The third kappa shape index (κ3) is 4.94. The van der Waals surface area contributed by atoms with E-state index >= 15 is 0 Å². The van der Waals surface area contributed by atoms with Gasteiger partial charge in [-0.3, -0.25) is 9.59 Å². The predicted molar refractivity (Wildman–Crippen MR) is 98.2 cm³/mol. The van der Waals surface area contributed by atoms with Crippen LogP contribution in [0.2, 0.25) is 0 Å². The van der Waals surface area contributed by atoms with E-state index in [2.05, 4.69) is 15.2 Å². The van der Waals surface area contributed by atoms with E-state index < -0.39 is 5.97 Å². The fourth-order valence-electron chi connectivity index (χ4n) is 1.86. The Morgan fingerprint density at radius 3 is 2.88 bits per heavy atom. The number of nitrogens with zero attached hydrogens (tertiary/aromatic N) is 3. The van der Waals surface area contributed by atoms with E-state index in [0.717, 1.165) is 21.5 Å². The van der Waals surface area contributed by atoms with Gasteiger partial charge in [0.1, 0.15) is 5.69 Å². The summed E-state index contributed by atoms with van der Waals surface area (Å²) in [6, 6.07) is 7.47. The number of Topliss-reactive ketones (excluding diaryl/α,β-unsaturated/α-hetero) is 1. The van der Waals surface area contributed by atoms with Gasteiger partial charge in [-0.1, -0.05) is 17.8 Å². The Bertz CT molecular complexity index is 878. The molecule has 3 aromatic rings. The molecular weight excluding hydrogens is 378 g/mol. The molecule has 0 unspecified atom stereocenters. The van der Waals surface area contributed by atoms with Gasteiger partial charge in [0.05, 0.1) is 21.7 Å². The van der Waals surface area contributed by atoms with Gasteiger partial charge in [0.2, 0.25) is 10.9 Å². The lowest BCUT2D eigenvalue weighted by atomic mass is 10.3. The van der Waals surface area contributed by atoms with E-state index in [1.165, 1.54) is 11.3 Å². The van der Waals surface area contributed by atoms with Crippen LogP contribution in [0.1, 0.15) is 14.5 Å². The fraction of sp³-hybridized carbons (Fsp3) is 0.188. The average molecular weight is 391 g/mol. The number of esters is 1. The lowest BCUT2D eigenvalue weighted by Crippen LogP contribution is -2.15. The normalized spacial score (nSPS) is 10.6. The number of hydrogen-bond acceptors (Lipinski definition) is 9. The minimum atomic E-state index is -0.489. The minimum absolute atomic E-state index is 0.0202. The molecule has 0 aliphatic carbocycles. The summed E-state index contributed by atoms with van der Waals surface area (Å²) in [6.07, 6.45) is 1.58. The smallest absolute Gasteiger partial charge is 0.316 e. The zero-order valence-corrected chi connectivity index (χ0v) is 15.6. The molecule has 0 spiro atoms. The largest absolute Gasteiger partial charge is 0.457 e. The minimum Gasteiger partial charge on any atom is -0.457 e. The first-order valence-electron chi connectivity index (χ1n) is 7.23. The molecule has 6 nitrogen and oxygen atoms in total. The van der Waals surface area contributed by atoms with Crippen LogP contribution in [0.15, 0.2) is 41.0 Å². The lowest BCUT2D eigenvalue weighted by Gasteiger charge is -2.03. The summed E-state index contributed by atoms with van der Waals surface area (Å²) in [6.45, 7) is 1.66. The van der Waals surface area contributed by atoms with Crippen molar-refractivity contribution in [2.45, 2.75) is 12.1 Å². The van der Waals surface area contributed by atoms with E-state index in [0.29, 0.717) is 15.7 Å². The highest BCUT2D eigenvalue weighted by atomic mass is 32.2. The van der Waals surface area contributed by atoms with E-state index in [9.17, 15) is 9.59 Å². The number of thioether (sulfide) groups is 1. The first-order valence-corrected chi connectivity index (χ1v) is 9.91. The Kier molecular flexibility index (Phi) is 5.90. The van der Waals surface area contributed by atoms with Gasteiger partial charge in [-0.2, -0.15) is 5.10 Å². The quantitative estimate of drug-likeness (QED) is 0.346. The van der Waals surface area contributed by atoms with Crippen molar-refractivity contribution in [1.29, 1.82) is 0 Å². The zero-order chi connectivity index (χ0) is 17.6. The molecule has 0 bridgehead atoms. The molecular formula is C16H13N3O3S3. The van der Waals surface area contributed by atoms with Crippen molar-refractivity contribution in [3.05, 3.63) is 45.6 Å². The monoisotopic (exact) mass is 391 g/mol. The average Bonchev–Trinajstić information content (AvgIpc) is 3.30. The van der Waals surface area contributed by atoms with Gasteiger partial charge in [0, 0.05) is 4.88 Å². The topological polar surface area (TPSA) is 82.0 Å². The highest BCUT2D eigenvalue weighted by molar-refractivity contribution is 7.99. The molecule has 128 valence electrons. The molecule has 0 radical (unpaired) electrons. The van der Waals surface area contributed by atoms with Crippen molar-refractivity contribution in [2.24, 2.45) is 0 Å². The fourth-order valence-corrected chi connectivity index (χ4v) is 3.93. The van der Waals surface area contributed by atoms with Crippen LogP contribution in [0, 0.1) is 6.92 Å². The van der Waals surface area contributed by atoms with E-state index in [-0.39, 0.29) is 18.1 Å². The van der Waals surface area contributed by atoms with Crippen LogP contribution >= 0.6 is 34.4 Å². The van der Waals surface area contributed by atoms with Gasteiger partial charge in [-0.05, 0) is 30.5 Å². The summed E-state index contributed by atoms with van der Waals surface area (Å²) in [7, 11) is 0.